The molecule has 1 atom stereocenters. The van der Waals surface area contributed by atoms with Crippen molar-refractivity contribution in [1.82, 2.24) is 24.6 Å². The van der Waals surface area contributed by atoms with Gasteiger partial charge in [0.15, 0.2) is 5.82 Å². The van der Waals surface area contributed by atoms with E-state index in [2.05, 4.69) is 21.5 Å². The normalized spacial score (nSPS) is 13.9. The maximum atomic E-state index is 10.3. The molecule has 1 aliphatic rings. The number of ether oxygens (including phenoxy) is 1. The third-order valence-corrected chi connectivity index (χ3v) is 4.44. The minimum absolute atomic E-state index is 0. The molecule has 28 heavy (non-hydrogen) atoms. The molecule has 1 aliphatic heterocycles. The number of aliphatic hydroxyl groups is 1. The number of rotatable bonds is 7. The first-order chi connectivity index (χ1) is 12.8. The fourth-order valence-electron chi connectivity index (χ4n) is 3.16. The minimum Gasteiger partial charge on any atom is -0.389 e. The lowest BCUT2D eigenvalue weighted by atomic mass is 10.2. The summed E-state index contributed by atoms with van der Waals surface area (Å²) in [6.45, 7) is 3.81. The van der Waals surface area contributed by atoms with Gasteiger partial charge in [0.2, 0.25) is 0 Å². The molecule has 0 spiro atoms. The number of hydrogen-bond acceptors (Lipinski definition) is 5. The highest BCUT2D eigenvalue weighted by atomic mass is 35.5. The number of hydrogen-bond donors (Lipinski definition) is 2. The summed E-state index contributed by atoms with van der Waals surface area (Å²) in [6, 6.07) is 12.0. The number of nitrogens with zero attached hydrogens (tertiary/aromatic N) is 4. The zero-order valence-electron chi connectivity index (χ0n) is 15.4. The average molecular weight is 426 g/mol. The summed E-state index contributed by atoms with van der Waals surface area (Å²) in [5.74, 6) is 0.772. The minimum atomic E-state index is -0.606. The van der Waals surface area contributed by atoms with Crippen molar-refractivity contribution < 1.29 is 9.84 Å². The van der Waals surface area contributed by atoms with Crippen molar-refractivity contribution in [1.29, 1.82) is 0 Å². The van der Waals surface area contributed by atoms with Gasteiger partial charge >= 0.3 is 0 Å². The topological polar surface area (TPSA) is 77.1 Å². The number of aromatic nitrogens is 4. The van der Waals surface area contributed by atoms with E-state index in [1.807, 2.05) is 45.8 Å². The smallest absolute Gasteiger partial charge is 0.160 e. The quantitative estimate of drug-likeness (QED) is 0.606. The molecule has 1 unspecified atom stereocenters. The average Bonchev–Trinajstić information content (AvgIpc) is 3.28. The first-order valence-corrected chi connectivity index (χ1v) is 8.88. The lowest BCUT2D eigenvalue weighted by Crippen LogP contribution is -2.28. The number of halogens is 2. The summed E-state index contributed by atoms with van der Waals surface area (Å²) in [4.78, 5) is 4.43. The highest BCUT2D eigenvalue weighted by Crippen LogP contribution is 2.19. The van der Waals surface area contributed by atoms with Crippen LogP contribution < -0.4 is 5.32 Å². The maximum Gasteiger partial charge on any atom is 0.160 e. The van der Waals surface area contributed by atoms with E-state index in [0.717, 1.165) is 42.4 Å². The van der Waals surface area contributed by atoms with E-state index >= 15 is 0 Å². The Balaban J connectivity index is 0.00000140. The molecule has 7 nitrogen and oxygen atoms in total. The Labute approximate surface area is 176 Å². The standard InChI is InChI=1S/C19H23N5O2.2ClH/c25-17(14-26-13-15-4-2-1-3-5-15)12-23-8-7-21-19(23)18-10-16-11-20-6-9-24(16)22-18;;/h1-5,7-8,10,17,20,25H,6,9,11-14H2;2*1H. The summed E-state index contributed by atoms with van der Waals surface area (Å²) in [5, 5.41) is 18.3. The molecule has 0 radical (unpaired) electrons. The van der Waals surface area contributed by atoms with E-state index in [9.17, 15) is 5.11 Å². The van der Waals surface area contributed by atoms with Crippen LogP contribution in [-0.2, 0) is 31.0 Å². The fraction of sp³-hybridized carbons (Fsp3) is 0.368. The Kier molecular flexibility index (Phi) is 8.47. The van der Waals surface area contributed by atoms with Crippen molar-refractivity contribution in [2.24, 2.45) is 0 Å². The third kappa shape index (κ3) is 5.33. The molecule has 4 rings (SSSR count). The molecule has 9 heteroatoms. The van der Waals surface area contributed by atoms with Gasteiger partial charge < -0.3 is 19.7 Å². The molecule has 3 aromatic rings. The fourth-order valence-corrected chi connectivity index (χ4v) is 3.16. The van der Waals surface area contributed by atoms with Gasteiger partial charge in [-0.3, -0.25) is 4.68 Å². The van der Waals surface area contributed by atoms with Gasteiger partial charge in [-0.25, -0.2) is 4.98 Å². The van der Waals surface area contributed by atoms with Gasteiger partial charge in [-0.1, -0.05) is 30.3 Å². The van der Waals surface area contributed by atoms with Crippen LogP contribution in [0.1, 0.15) is 11.3 Å². The first-order valence-electron chi connectivity index (χ1n) is 8.88. The van der Waals surface area contributed by atoms with Gasteiger partial charge in [0.25, 0.3) is 0 Å². The number of aliphatic hydroxyl groups excluding tert-OH is 1. The van der Waals surface area contributed by atoms with Crippen molar-refractivity contribution in [3.8, 4) is 11.5 Å². The van der Waals surface area contributed by atoms with Crippen LogP contribution in [0.3, 0.4) is 0 Å². The summed E-state index contributed by atoms with van der Waals surface area (Å²) >= 11 is 0. The first kappa shape index (κ1) is 22.4. The monoisotopic (exact) mass is 425 g/mol. The van der Waals surface area contributed by atoms with E-state index in [1.165, 1.54) is 0 Å². The maximum absolute atomic E-state index is 10.3. The Hall–Kier alpha value is -1.90. The summed E-state index contributed by atoms with van der Waals surface area (Å²) < 4.78 is 9.58. The van der Waals surface area contributed by atoms with Crippen molar-refractivity contribution in [3.63, 3.8) is 0 Å². The van der Waals surface area contributed by atoms with Gasteiger partial charge in [0, 0.05) is 25.5 Å². The van der Waals surface area contributed by atoms with Crippen LogP contribution in [-0.4, -0.2) is 43.7 Å². The Morgan fingerprint density at radius 1 is 1.21 bits per heavy atom. The largest absolute Gasteiger partial charge is 0.389 e. The number of nitrogens with one attached hydrogen (secondary N) is 1. The van der Waals surface area contributed by atoms with Crippen LogP contribution in [0.25, 0.3) is 11.5 Å². The third-order valence-electron chi connectivity index (χ3n) is 4.44. The molecule has 0 aliphatic carbocycles. The Bertz CT molecular complexity index is 830. The van der Waals surface area contributed by atoms with E-state index in [0.29, 0.717) is 13.2 Å². The molecule has 0 bridgehead atoms. The van der Waals surface area contributed by atoms with Crippen molar-refractivity contribution >= 4 is 24.8 Å². The van der Waals surface area contributed by atoms with E-state index < -0.39 is 6.10 Å². The SMILES string of the molecule is Cl.Cl.OC(COCc1ccccc1)Cn1ccnc1-c1cc2n(n1)CCNC2. The second-order valence-electron chi connectivity index (χ2n) is 6.48. The second-order valence-corrected chi connectivity index (χ2v) is 6.48. The lowest BCUT2D eigenvalue weighted by Gasteiger charge is -2.14. The zero-order chi connectivity index (χ0) is 17.8. The highest BCUT2D eigenvalue weighted by molar-refractivity contribution is 5.85. The summed E-state index contributed by atoms with van der Waals surface area (Å²) in [6.07, 6.45) is 3.00. The summed E-state index contributed by atoms with van der Waals surface area (Å²) in [7, 11) is 0. The molecule has 3 heterocycles. The zero-order valence-corrected chi connectivity index (χ0v) is 17.0. The van der Waals surface area contributed by atoms with Crippen LogP contribution in [0.2, 0.25) is 0 Å². The molecule has 2 N–H and O–H groups in total. The molecular weight excluding hydrogens is 401 g/mol. The number of imidazole rings is 1. The van der Waals surface area contributed by atoms with Crippen LogP contribution in [0.5, 0.6) is 0 Å². The predicted octanol–water partition coefficient (Wildman–Crippen LogP) is 2.27. The van der Waals surface area contributed by atoms with E-state index in [1.54, 1.807) is 6.20 Å². The van der Waals surface area contributed by atoms with Gasteiger partial charge in [-0.2, -0.15) is 5.10 Å². The number of fused-ring (bicyclic) bond motifs is 1. The van der Waals surface area contributed by atoms with Crippen molar-refractivity contribution in [2.45, 2.75) is 32.3 Å². The van der Waals surface area contributed by atoms with Gasteiger partial charge in [-0.15, -0.1) is 24.8 Å². The van der Waals surface area contributed by atoms with E-state index in [-0.39, 0.29) is 31.4 Å². The second kappa shape index (κ2) is 10.6. The van der Waals surface area contributed by atoms with Gasteiger partial charge in [-0.05, 0) is 11.6 Å². The molecule has 1 aromatic carbocycles. The van der Waals surface area contributed by atoms with Gasteiger partial charge in [0.1, 0.15) is 5.69 Å². The molecule has 0 fully saturated rings. The van der Waals surface area contributed by atoms with Crippen LogP contribution >= 0.6 is 24.8 Å². The highest BCUT2D eigenvalue weighted by Gasteiger charge is 2.17. The predicted molar refractivity (Wildman–Crippen MR) is 112 cm³/mol. The lowest BCUT2D eigenvalue weighted by molar-refractivity contribution is 0.0205. The number of benzene rings is 1. The van der Waals surface area contributed by atoms with Crippen LogP contribution in [0.15, 0.2) is 48.8 Å². The molecule has 2 aromatic heterocycles. The van der Waals surface area contributed by atoms with Crippen molar-refractivity contribution in [2.75, 3.05) is 13.2 Å². The molecule has 0 amide bonds. The van der Waals surface area contributed by atoms with Crippen molar-refractivity contribution in [3.05, 3.63) is 60.0 Å². The summed E-state index contributed by atoms with van der Waals surface area (Å²) in [5.41, 5.74) is 3.10. The van der Waals surface area contributed by atoms with E-state index in [4.69, 9.17) is 4.74 Å². The van der Waals surface area contributed by atoms with Crippen LogP contribution in [0.4, 0.5) is 0 Å². The van der Waals surface area contributed by atoms with Gasteiger partial charge in [0.05, 0.1) is 38.1 Å². The molecule has 0 saturated heterocycles. The molecule has 0 saturated carbocycles. The van der Waals surface area contributed by atoms with Crippen LogP contribution in [0, 0.1) is 0 Å². The molecular formula is C19H25Cl2N5O2. The Morgan fingerprint density at radius 2 is 2.04 bits per heavy atom. The Morgan fingerprint density at radius 3 is 2.82 bits per heavy atom. The molecule has 152 valence electrons.